The standard InChI is InChI=1S/C17H15ClO3S/c1-10-11(2)17(19)21-15-8-13(3-4-14(10)15)20-9-12-5-6-22-16(18)7-12/h3-5,7-8H,6,9H2,1-2H3. The second kappa shape index (κ2) is 6.23. The van der Waals surface area contributed by atoms with Gasteiger partial charge in [-0.25, -0.2) is 4.79 Å². The third-order valence-corrected chi connectivity index (χ3v) is 4.86. The second-order valence-corrected chi connectivity index (χ2v) is 6.82. The van der Waals surface area contributed by atoms with Crippen LogP contribution in [0.5, 0.6) is 5.75 Å². The minimum atomic E-state index is -0.302. The number of rotatable bonds is 3. The highest BCUT2D eigenvalue weighted by atomic mass is 35.5. The summed E-state index contributed by atoms with van der Waals surface area (Å²) in [5.41, 5.74) is 2.88. The summed E-state index contributed by atoms with van der Waals surface area (Å²) in [5, 5.41) is 0.931. The van der Waals surface area contributed by atoms with Crippen molar-refractivity contribution in [2.45, 2.75) is 13.8 Å². The third-order valence-electron chi connectivity index (χ3n) is 3.70. The molecule has 0 spiro atoms. The highest BCUT2D eigenvalue weighted by molar-refractivity contribution is 8.04. The normalized spacial score (nSPS) is 14.7. The van der Waals surface area contributed by atoms with Crippen LogP contribution in [0.25, 0.3) is 11.0 Å². The zero-order chi connectivity index (χ0) is 15.7. The van der Waals surface area contributed by atoms with E-state index in [0.717, 1.165) is 26.6 Å². The van der Waals surface area contributed by atoms with E-state index in [1.165, 1.54) is 0 Å². The maximum Gasteiger partial charge on any atom is 0.339 e. The van der Waals surface area contributed by atoms with Gasteiger partial charge in [0.1, 0.15) is 17.9 Å². The van der Waals surface area contributed by atoms with Gasteiger partial charge in [0, 0.05) is 22.8 Å². The summed E-state index contributed by atoms with van der Waals surface area (Å²) in [6, 6.07) is 5.56. The van der Waals surface area contributed by atoms with Crippen LogP contribution in [0.15, 0.2) is 49.5 Å². The molecule has 1 aliphatic rings. The first-order chi connectivity index (χ1) is 10.5. The summed E-state index contributed by atoms with van der Waals surface area (Å²) in [6.07, 6.45) is 4.00. The Kier molecular flexibility index (Phi) is 4.32. The highest BCUT2D eigenvalue weighted by Crippen LogP contribution is 2.28. The van der Waals surface area contributed by atoms with Gasteiger partial charge in [0.15, 0.2) is 0 Å². The first-order valence-corrected chi connectivity index (χ1v) is 8.27. The van der Waals surface area contributed by atoms with Gasteiger partial charge in [-0.3, -0.25) is 0 Å². The molecule has 0 bridgehead atoms. The molecule has 0 saturated heterocycles. The van der Waals surface area contributed by atoms with Gasteiger partial charge in [-0.2, -0.15) is 0 Å². The van der Waals surface area contributed by atoms with Crippen molar-refractivity contribution in [2.75, 3.05) is 12.4 Å². The number of benzene rings is 1. The van der Waals surface area contributed by atoms with Crippen LogP contribution in [0, 0.1) is 13.8 Å². The Balaban J connectivity index is 1.85. The molecule has 0 saturated carbocycles. The van der Waals surface area contributed by atoms with Gasteiger partial charge < -0.3 is 9.15 Å². The summed E-state index contributed by atoms with van der Waals surface area (Å²) in [7, 11) is 0. The van der Waals surface area contributed by atoms with E-state index >= 15 is 0 Å². The molecule has 1 aromatic heterocycles. The molecule has 0 atom stereocenters. The van der Waals surface area contributed by atoms with Crippen LogP contribution in [0.1, 0.15) is 11.1 Å². The fourth-order valence-corrected chi connectivity index (χ4v) is 3.28. The van der Waals surface area contributed by atoms with Crippen LogP contribution in [-0.4, -0.2) is 12.4 Å². The molecule has 5 heteroatoms. The van der Waals surface area contributed by atoms with Crippen molar-refractivity contribution in [2.24, 2.45) is 0 Å². The molecule has 0 fully saturated rings. The molecular weight excluding hydrogens is 320 g/mol. The van der Waals surface area contributed by atoms with Gasteiger partial charge in [-0.05, 0) is 43.2 Å². The Morgan fingerprint density at radius 2 is 2.14 bits per heavy atom. The molecule has 0 aliphatic carbocycles. The molecule has 1 aromatic carbocycles. The molecule has 1 aliphatic heterocycles. The summed E-state index contributed by atoms with van der Waals surface area (Å²) in [6.45, 7) is 4.14. The largest absolute Gasteiger partial charge is 0.489 e. The minimum absolute atomic E-state index is 0.302. The van der Waals surface area contributed by atoms with E-state index in [0.29, 0.717) is 23.5 Å². The van der Waals surface area contributed by atoms with Crippen LogP contribution < -0.4 is 10.4 Å². The van der Waals surface area contributed by atoms with E-state index in [1.807, 2.05) is 25.1 Å². The second-order valence-electron chi connectivity index (χ2n) is 5.12. The van der Waals surface area contributed by atoms with Gasteiger partial charge in [0.05, 0.1) is 4.36 Å². The smallest absolute Gasteiger partial charge is 0.339 e. The lowest BCUT2D eigenvalue weighted by molar-refractivity contribution is 0.355. The Hall–Kier alpha value is -1.65. The number of fused-ring (bicyclic) bond motifs is 1. The van der Waals surface area contributed by atoms with E-state index in [1.54, 1.807) is 24.8 Å². The zero-order valence-corrected chi connectivity index (χ0v) is 13.9. The van der Waals surface area contributed by atoms with Crippen molar-refractivity contribution >= 4 is 34.3 Å². The van der Waals surface area contributed by atoms with Gasteiger partial charge in [0.2, 0.25) is 0 Å². The maximum atomic E-state index is 11.8. The highest BCUT2D eigenvalue weighted by Gasteiger charge is 2.09. The van der Waals surface area contributed by atoms with E-state index < -0.39 is 0 Å². The lowest BCUT2D eigenvalue weighted by atomic mass is 10.1. The fourth-order valence-electron chi connectivity index (χ4n) is 2.26. The first-order valence-electron chi connectivity index (χ1n) is 6.90. The Morgan fingerprint density at radius 3 is 2.91 bits per heavy atom. The van der Waals surface area contributed by atoms with Gasteiger partial charge in [-0.15, -0.1) is 11.8 Å². The van der Waals surface area contributed by atoms with Crippen LogP contribution in [-0.2, 0) is 0 Å². The molecular formula is C17H15ClO3S. The molecule has 22 heavy (non-hydrogen) atoms. The molecule has 0 N–H and O–H groups in total. The average Bonchev–Trinajstić information content (AvgIpc) is 2.50. The Labute approximate surface area is 137 Å². The third kappa shape index (κ3) is 3.08. The van der Waals surface area contributed by atoms with E-state index in [4.69, 9.17) is 20.8 Å². The number of thioether (sulfide) groups is 1. The lowest BCUT2D eigenvalue weighted by Crippen LogP contribution is -2.06. The number of ether oxygens (including phenoxy) is 1. The van der Waals surface area contributed by atoms with Gasteiger partial charge >= 0.3 is 5.63 Å². The quantitative estimate of drug-likeness (QED) is 0.772. The van der Waals surface area contributed by atoms with Gasteiger partial charge in [0.25, 0.3) is 0 Å². The predicted molar refractivity (Wildman–Crippen MR) is 91.9 cm³/mol. The van der Waals surface area contributed by atoms with Crippen molar-refractivity contribution in [3.63, 3.8) is 0 Å². The van der Waals surface area contributed by atoms with Crippen molar-refractivity contribution in [1.29, 1.82) is 0 Å². The molecule has 2 aromatic rings. The number of aryl methyl sites for hydroxylation is 1. The van der Waals surface area contributed by atoms with Crippen LogP contribution in [0.4, 0.5) is 0 Å². The van der Waals surface area contributed by atoms with Crippen molar-refractivity contribution in [3.8, 4) is 5.75 Å². The molecule has 3 rings (SSSR count). The monoisotopic (exact) mass is 334 g/mol. The maximum absolute atomic E-state index is 11.8. The van der Waals surface area contributed by atoms with Crippen molar-refractivity contribution in [3.05, 3.63) is 61.8 Å². The number of hydrogen-bond acceptors (Lipinski definition) is 4. The number of halogens is 1. The zero-order valence-electron chi connectivity index (χ0n) is 12.3. The Bertz CT molecular complexity index is 849. The first kappa shape index (κ1) is 15.3. The lowest BCUT2D eigenvalue weighted by Gasteiger charge is -2.11. The van der Waals surface area contributed by atoms with Crippen molar-refractivity contribution in [1.82, 2.24) is 0 Å². The van der Waals surface area contributed by atoms with Gasteiger partial charge in [-0.1, -0.05) is 17.7 Å². The van der Waals surface area contributed by atoms with E-state index in [2.05, 4.69) is 6.08 Å². The van der Waals surface area contributed by atoms with E-state index in [-0.39, 0.29) is 5.63 Å². The fraction of sp³-hybridized carbons (Fsp3) is 0.235. The predicted octanol–water partition coefficient (Wildman–Crippen LogP) is 4.54. The molecule has 3 nitrogen and oxygen atoms in total. The summed E-state index contributed by atoms with van der Waals surface area (Å²) in [5.74, 6) is 1.53. The minimum Gasteiger partial charge on any atom is -0.489 e. The molecule has 0 radical (unpaired) electrons. The van der Waals surface area contributed by atoms with Crippen LogP contribution >= 0.6 is 23.4 Å². The molecule has 114 valence electrons. The van der Waals surface area contributed by atoms with Crippen molar-refractivity contribution < 1.29 is 9.15 Å². The SMILES string of the molecule is Cc1c(C)c2ccc(OCC3=CCSC(Cl)=C3)cc2oc1=O. The van der Waals surface area contributed by atoms with Crippen LogP contribution in [0.3, 0.4) is 0 Å². The van der Waals surface area contributed by atoms with Crippen LogP contribution in [0.2, 0.25) is 0 Å². The molecule has 0 amide bonds. The molecule has 0 unspecified atom stereocenters. The summed E-state index contributed by atoms with van der Waals surface area (Å²) in [4.78, 5) is 11.8. The average molecular weight is 335 g/mol. The molecule has 2 heterocycles. The topological polar surface area (TPSA) is 39.4 Å². The Morgan fingerprint density at radius 1 is 1.32 bits per heavy atom. The number of hydrogen-bond donors (Lipinski definition) is 0. The summed E-state index contributed by atoms with van der Waals surface area (Å²) < 4.78 is 11.9. The summed E-state index contributed by atoms with van der Waals surface area (Å²) >= 11 is 7.59. The van der Waals surface area contributed by atoms with E-state index in [9.17, 15) is 4.79 Å².